The van der Waals surface area contributed by atoms with Crippen molar-refractivity contribution in [2.45, 2.75) is 25.4 Å². The highest BCUT2D eigenvalue weighted by molar-refractivity contribution is 6.05. The van der Waals surface area contributed by atoms with E-state index >= 15 is 0 Å². The SMILES string of the molecule is COc1cccc(CN2CCC(N(C)C(=O)c3cn(C)c(=O)c4[nH]ccc34)CC2)c1. The third-order valence-electron chi connectivity index (χ3n) is 6.09. The number of rotatable bonds is 5. The van der Waals surface area contributed by atoms with Gasteiger partial charge in [0.15, 0.2) is 0 Å². The molecule has 2 aromatic heterocycles. The van der Waals surface area contributed by atoms with Crippen molar-refractivity contribution < 1.29 is 9.53 Å². The van der Waals surface area contributed by atoms with E-state index in [0.717, 1.165) is 38.2 Å². The molecule has 0 unspecified atom stereocenters. The first-order valence-electron chi connectivity index (χ1n) is 10.3. The van der Waals surface area contributed by atoms with Crippen LogP contribution in [0.5, 0.6) is 5.75 Å². The molecule has 4 rings (SSSR count). The molecule has 7 nitrogen and oxygen atoms in total. The van der Waals surface area contributed by atoms with Crippen LogP contribution in [0.4, 0.5) is 0 Å². The summed E-state index contributed by atoms with van der Waals surface area (Å²) < 4.78 is 6.78. The van der Waals surface area contributed by atoms with E-state index in [1.165, 1.54) is 10.1 Å². The number of benzene rings is 1. The lowest BCUT2D eigenvalue weighted by molar-refractivity contribution is 0.0637. The van der Waals surface area contributed by atoms with Crippen LogP contribution in [0, 0.1) is 0 Å². The number of carbonyl (C=O) groups excluding carboxylic acids is 1. The summed E-state index contributed by atoms with van der Waals surface area (Å²) in [7, 11) is 5.23. The van der Waals surface area contributed by atoms with Gasteiger partial charge in [0.1, 0.15) is 11.3 Å². The molecule has 1 N–H and O–H groups in total. The minimum absolute atomic E-state index is 0.0403. The molecule has 0 radical (unpaired) electrons. The molecule has 0 bridgehead atoms. The van der Waals surface area contributed by atoms with Crippen LogP contribution in [0.3, 0.4) is 0 Å². The normalized spacial score (nSPS) is 15.4. The fourth-order valence-corrected chi connectivity index (χ4v) is 4.29. The second-order valence-corrected chi connectivity index (χ2v) is 8.00. The van der Waals surface area contributed by atoms with E-state index < -0.39 is 0 Å². The minimum Gasteiger partial charge on any atom is -0.497 e. The Morgan fingerprint density at radius 2 is 2.03 bits per heavy atom. The van der Waals surface area contributed by atoms with Gasteiger partial charge < -0.3 is 19.2 Å². The summed E-state index contributed by atoms with van der Waals surface area (Å²) in [6, 6.07) is 10.1. The fraction of sp³-hybridized carbons (Fsp3) is 0.391. The topological polar surface area (TPSA) is 70.6 Å². The Balaban J connectivity index is 1.42. The van der Waals surface area contributed by atoms with Crippen LogP contribution in [0.2, 0.25) is 0 Å². The van der Waals surface area contributed by atoms with Crippen molar-refractivity contribution in [1.82, 2.24) is 19.4 Å². The molecule has 0 saturated carbocycles. The molecule has 1 aliphatic rings. The summed E-state index contributed by atoms with van der Waals surface area (Å²) in [6.45, 7) is 2.75. The molecule has 0 atom stereocenters. The number of nitrogens with zero attached hydrogens (tertiary/aromatic N) is 3. The molecule has 0 aliphatic carbocycles. The lowest BCUT2D eigenvalue weighted by atomic mass is 10.0. The first-order chi connectivity index (χ1) is 14.5. The van der Waals surface area contributed by atoms with Crippen molar-refractivity contribution >= 4 is 16.8 Å². The van der Waals surface area contributed by atoms with E-state index in [9.17, 15) is 9.59 Å². The predicted molar refractivity (Wildman–Crippen MR) is 117 cm³/mol. The zero-order chi connectivity index (χ0) is 21.3. The molecule has 158 valence electrons. The van der Waals surface area contributed by atoms with Gasteiger partial charge in [-0.3, -0.25) is 14.5 Å². The molecule has 3 aromatic rings. The van der Waals surface area contributed by atoms with Gasteiger partial charge in [0.25, 0.3) is 11.5 Å². The van der Waals surface area contributed by atoms with Gasteiger partial charge in [-0.05, 0) is 36.6 Å². The molecule has 1 fully saturated rings. The van der Waals surface area contributed by atoms with Gasteiger partial charge in [-0.2, -0.15) is 0 Å². The molecule has 1 saturated heterocycles. The number of likely N-dealkylation sites (tertiary alicyclic amines) is 1. The summed E-state index contributed by atoms with van der Waals surface area (Å²) in [5, 5.41) is 0.686. The van der Waals surface area contributed by atoms with Crippen molar-refractivity contribution in [1.29, 1.82) is 0 Å². The van der Waals surface area contributed by atoms with Crippen LogP contribution in [0.15, 0.2) is 47.5 Å². The summed E-state index contributed by atoms with van der Waals surface area (Å²) in [6.07, 6.45) is 5.21. The monoisotopic (exact) mass is 408 g/mol. The Morgan fingerprint density at radius 3 is 2.77 bits per heavy atom. The maximum Gasteiger partial charge on any atom is 0.274 e. The van der Waals surface area contributed by atoms with Crippen molar-refractivity contribution in [2.24, 2.45) is 7.05 Å². The average Bonchev–Trinajstić information content (AvgIpc) is 3.26. The smallest absolute Gasteiger partial charge is 0.274 e. The highest BCUT2D eigenvalue weighted by Crippen LogP contribution is 2.22. The second-order valence-electron chi connectivity index (χ2n) is 8.00. The molecule has 30 heavy (non-hydrogen) atoms. The maximum absolute atomic E-state index is 13.2. The quantitative estimate of drug-likeness (QED) is 0.705. The van der Waals surface area contributed by atoms with Crippen LogP contribution in [-0.4, -0.2) is 58.5 Å². The zero-order valence-corrected chi connectivity index (χ0v) is 17.7. The Hall–Kier alpha value is -3.06. The van der Waals surface area contributed by atoms with Gasteiger partial charge in [0.2, 0.25) is 0 Å². The highest BCUT2D eigenvalue weighted by Gasteiger charge is 2.27. The van der Waals surface area contributed by atoms with E-state index in [4.69, 9.17) is 4.74 Å². The number of pyridine rings is 1. The first kappa shape index (κ1) is 20.2. The number of aromatic amines is 1. The number of piperidine rings is 1. The number of amides is 1. The number of ether oxygens (including phenoxy) is 1. The largest absolute Gasteiger partial charge is 0.497 e. The number of aromatic nitrogens is 2. The van der Waals surface area contributed by atoms with E-state index in [-0.39, 0.29) is 17.5 Å². The molecular weight excluding hydrogens is 380 g/mol. The average molecular weight is 409 g/mol. The van der Waals surface area contributed by atoms with Crippen LogP contribution in [0.25, 0.3) is 10.9 Å². The lowest BCUT2D eigenvalue weighted by Gasteiger charge is -2.37. The summed E-state index contributed by atoms with van der Waals surface area (Å²) in [4.78, 5) is 32.7. The number of fused-ring (bicyclic) bond motifs is 1. The summed E-state index contributed by atoms with van der Waals surface area (Å²) in [5.74, 6) is 0.836. The van der Waals surface area contributed by atoms with Crippen molar-refractivity contribution in [3.8, 4) is 5.75 Å². The van der Waals surface area contributed by atoms with Crippen LogP contribution < -0.4 is 10.3 Å². The molecule has 1 aromatic carbocycles. The highest BCUT2D eigenvalue weighted by atomic mass is 16.5. The van der Waals surface area contributed by atoms with E-state index in [0.29, 0.717) is 16.5 Å². The number of H-pyrrole nitrogens is 1. The van der Waals surface area contributed by atoms with E-state index in [2.05, 4.69) is 22.0 Å². The number of nitrogens with one attached hydrogen (secondary N) is 1. The van der Waals surface area contributed by atoms with Gasteiger partial charge >= 0.3 is 0 Å². The zero-order valence-electron chi connectivity index (χ0n) is 17.7. The minimum atomic E-state index is -0.125. The summed E-state index contributed by atoms with van der Waals surface area (Å²) in [5.41, 5.74) is 2.15. The third kappa shape index (κ3) is 3.85. The van der Waals surface area contributed by atoms with E-state index in [1.54, 1.807) is 32.6 Å². The van der Waals surface area contributed by atoms with Crippen LogP contribution in [0.1, 0.15) is 28.8 Å². The van der Waals surface area contributed by atoms with Crippen molar-refractivity contribution in [3.63, 3.8) is 0 Å². The maximum atomic E-state index is 13.2. The van der Waals surface area contributed by atoms with Gasteiger partial charge in [-0.25, -0.2) is 0 Å². The lowest BCUT2D eigenvalue weighted by Crippen LogP contribution is -2.45. The molecular formula is C23H28N4O3. The van der Waals surface area contributed by atoms with Crippen molar-refractivity contribution in [3.05, 3.63) is 64.2 Å². The van der Waals surface area contributed by atoms with E-state index in [1.807, 2.05) is 24.1 Å². The molecule has 7 heteroatoms. The fourth-order valence-electron chi connectivity index (χ4n) is 4.29. The van der Waals surface area contributed by atoms with Gasteiger partial charge in [0.05, 0.1) is 12.7 Å². The number of carbonyl (C=O) groups is 1. The van der Waals surface area contributed by atoms with Gasteiger partial charge in [0, 0.05) is 57.6 Å². The van der Waals surface area contributed by atoms with Crippen LogP contribution in [-0.2, 0) is 13.6 Å². The second kappa shape index (κ2) is 8.36. The Kier molecular flexibility index (Phi) is 5.63. The number of aryl methyl sites for hydroxylation is 1. The summed E-state index contributed by atoms with van der Waals surface area (Å²) >= 11 is 0. The number of methoxy groups -OCH3 is 1. The standard InChI is InChI=1S/C23H28N4O3/c1-25-15-20(19-7-10-24-21(19)23(25)29)22(28)26(2)17-8-11-27(12-9-17)14-16-5-4-6-18(13-16)30-3/h4-7,10,13,15,17,24H,8-9,11-12,14H2,1-3H3. The van der Waals surface area contributed by atoms with Gasteiger partial charge in [-0.15, -0.1) is 0 Å². The molecule has 1 aliphatic heterocycles. The molecule has 0 spiro atoms. The third-order valence-corrected chi connectivity index (χ3v) is 6.09. The predicted octanol–water partition coefficient (Wildman–Crippen LogP) is 2.61. The Morgan fingerprint density at radius 1 is 1.27 bits per heavy atom. The molecule has 1 amide bonds. The number of hydrogen-bond donors (Lipinski definition) is 1. The van der Waals surface area contributed by atoms with Crippen LogP contribution >= 0.6 is 0 Å². The Labute approximate surface area is 175 Å². The Bertz CT molecular complexity index is 1110. The van der Waals surface area contributed by atoms with Gasteiger partial charge in [-0.1, -0.05) is 12.1 Å². The molecule has 3 heterocycles. The van der Waals surface area contributed by atoms with Crippen molar-refractivity contribution in [2.75, 3.05) is 27.2 Å². The number of hydrogen-bond acceptors (Lipinski definition) is 4. The first-order valence-corrected chi connectivity index (χ1v) is 10.3.